The molecule has 0 bridgehead atoms. The molecule has 2 heteroatoms. The molecule has 2 rings (SSSR count). The fraction of sp³-hybridized carbons (Fsp3) is 0.600. The largest absolute Gasteiger partial charge is 0.385 e. The van der Waals surface area contributed by atoms with Gasteiger partial charge in [-0.2, -0.15) is 0 Å². The highest BCUT2D eigenvalue weighted by Gasteiger charge is 2.11. The molecule has 1 aliphatic heterocycles. The molecule has 0 spiro atoms. The molecule has 1 aromatic rings. The van der Waals surface area contributed by atoms with Crippen molar-refractivity contribution in [3.8, 4) is 0 Å². The fourth-order valence-electron chi connectivity index (χ4n) is 2.46. The van der Waals surface area contributed by atoms with E-state index in [1.165, 1.54) is 49.2 Å². The second-order valence-electron chi connectivity index (χ2n) is 4.81. The molecule has 0 aliphatic carbocycles. The standard InChI is InChI=1S/C15H24N2/c1-3-5-11-17(4-2)14-9-8-13-7-6-10-16-15(13)12-14/h8-9,12,16H,3-7,10-11H2,1-2H3. The number of unbranched alkanes of at least 4 members (excludes halogenated alkanes) is 1. The molecule has 0 amide bonds. The highest BCUT2D eigenvalue weighted by atomic mass is 15.1. The van der Waals surface area contributed by atoms with Crippen molar-refractivity contribution < 1.29 is 0 Å². The summed E-state index contributed by atoms with van der Waals surface area (Å²) >= 11 is 0. The maximum Gasteiger partial charge on any atom is 0.0393 e. The average Bonchev–Trinajstić information content (AvgIpc) is 2.39. The summed E-state index contributed by atoms with van der Waals surface area (Å²) in [4.78, 5) is 2.47. The Bertz CT molecular complexity index is 360. The van der Waals surface area contributed by atoms with Crippen LogP contribution in [0.15, 0.2) is 18.2 Å². The molecule has 1 aliphatic rings. The minimum absolute atomic E-state index is 1.10. The molecule has 0 atom stereocenters. The molecule has 0 unspecified atom stereocenters. The Kier molecular flexibility index (Phi) is 4.29. The van der Waals surface area contributed by atoms with Crippen LogP contribution in [0.1, 0.15) is 38.7 Å². The molecule has 0 fully saturated rings. The van der Waals surface area contributed by atoms with Crippen molar-refractivity contribution in [2.75, 3.05) is 29.9 Å². The Hall–Kier alpha value is -1.18. The number of rotatable bonds is 5. The summed E-state index contributed by atoms with van der Waals surface area (Å²) in [6.45, 7) is 7.88. The quantitative estimate of drug-likeness (QED) is 0.833. The first kappa shape index (κ1) is 12.3. The summed E-state index contributed by atoms with van der Waals surface area (Å²) in [5, 5.41) is 3.51. The molecule has 1 heterocycles. The highest BCUT2D eigenvalue weighted by molar-refractivity contribution is 5.63. The number of hydrogen-bond acceptors (Lipinski definition) is 2. The van der Waals surface area contributed by atoms with Crippen molar-refractivity contribution in [3.63, 3.8) is 0 Å². The second kappa shape index (κ2) is 5.95. The normalized spacial score (nSPS) is 14.0. The third-order valence-corrected chi connectivity index (χ3v) is 3.56. The summed E-state index contributed by atoms with van der Waals surface area (Å²) in [6.07, 6.45) is 5.03. The second-order valence-corrected chi connectivity index (χ2v) is 4.81. The van der Waals surface area contributed by atoms with Gasteiger partial charge in [-0.1, -0.05) is 19.4 Å². The van der Waals surface area contributed by atoms with Crippen molar-refractivity contribution >= 4 is 11.4 Å². The van der Waals surface area contributed by atoms with Crippen LogP contribution in [0.4, 0.5) is 11.4 Å². The number of aryl methyl sites for hydroxylation is 1. The molecule has 1 aromatic carbocycles. The zero-order valence-electron chi connectivity index (χ0n) is 11.1. The lowest BCUT2D eigenvalue weighted by atomic mass is 10.0. The van der Waals surface area contributed by atoms with E-state index < -0.39 is 0 Å². The predicted octanol–water partition coefficient (Wildman–Crippen LogP) is 3.67. The van der Waals surface area contributed by atoms with Crippen molar-refractivity contribution in [2.45, 2.75) is 39.5 Å². The lowest BCUT2D eigenvalue weighted by Gasteiger charge is -2.26. The van der Waals surface area contributed by atoms with Crippen LogP contribution < -0.4 is 10.2 Å². The smallest absolute Gasteiger partial charge is 0.0393 e. The molecular weight excluding hydrogens is 208 g/mol. The van der Waals surface area contributed by atoms with Gasteiger partial charge in [0.1, 0.15) is 0 Å². The van der Waals surface area contributed by atoms with E-state index in [1.807, 2.05) is 0 Å². The zero-order chi connectivity index (χ0) is 12.1. The first-order valence-corrected chi connectivity index (χ1v) is 6.97. The van der Waals surface area contributed by atoms with Crippen LogP contribution in [0.3, 0.4) is 0 Å². The molecule has 0 aromatic heterocycles. The van der Waals surface area contributed by atoms with E-state index in [4.69, 9.17) is 0 Å². The Balaban J connectivity index is 2.13. The van der Waals surface area contributed by atoms with Gasteiger partial charge in [0.25, 0.3) is 0 Å². The average molecular weight is 232 g/mol. The number of nitrogens with zero attached hydrogens (tertiary/aromatic N) is 1. The Labute approximate surface area is 105 Å². The molecular formula is C15H24N2. The SMILES string of the molecule is CCCCN(CC)c1ccc2c(c1)NCCC2. The third-order valence-electron chi connectivity index (χ3n) is 3.56. The number of hydrogen-bond donors (Lipinski definition) is 1. The summed E-state index contributed by atoms with van der Waals surface area (Å²) in [7, 11) is 0. The van der Waals surface area contributed by atoms with Crippen LogP contribution in [0, 0.1) is 0 Å². The van der Waals surface area contributed by atoms with Crippen LogP contribution in [0.25, 0.3) is 0 Å². The molecule has 2 nitrogen and oxygen atoms in total. The van der Waals surface area contributed by atoms with Crippen LogP contribution in [-0.4, -0.2) is 19.6 Å². The van der Waals surface area contributed by atoms with Gasteiger partial charge >= 0.3 is 0 Å². The number of benzene rings is 1. The van der Waals surface area contributed by atoms with Crippen molar-refractivity contribution in [2.24, 2.45) is 0 Å². The van der Waals surface area contributed by atoms with Crippen LogP contribution in [-0.2, 0) is 6.42 Å². The van der Waals surface area contributed by atoms with Gasteiger partial charge in [-0.05, 0) is 43.9 Å². The topological polar surface area (TPSA) is 15.3 Å². The first-order valence-electron chi connectivity index (χ1n) is 6.97. The summed E-state index contributed by atoms with van der Waals surface area (Å²) < 4.78 is 0. The molecule has 0 radical (unpaired) electrons. The monoisotopic (exact) mass is 232 g/mol. The number of nitrogens with one attached hydrogen (secondary N) is 1. The van der Waals surface area contributed by atoms with Gasteiger partial charge in [-0.25, -0.2) is 0 Å². The number of anilines is 2. The molecule has 0 saturated carbocycles. The van der Waals surface area contributed by atoms with Crippen molar-refractivity contribution in [1.29, 1.82) is 0 Å². The van der Waals surface area contributed by atoms with E-state index in [-0.39, 0.29) is 0 Å². The van der Waals surface area contributed by atoms with Crippen LogP contribution in [0.5, 0.6) is 0 Å². The minimum atomic E-state index is 1.10. The predicted molar refractivity (Wildman–Crippen MR) is 76.0 cm³/mol. The van der Waals surface area contributed by atoms with Crippen molar-refractivity contribution in [1.82, 2.24) is 0 Å². The molecule has 1 N–H and O–H groups in total. The third kappa shape index (κ3) is 2.93. The Morgan fingerprint density at radius 3 is 2.94 bits per heavy atom. The Morgan fingerprint density at radius 1 is 1.29 bits per heavy atom. The summed E-state index contributed by atoms with van der Waals surface area (Å²) in [5.74, 6) is 0. The van der Waals surface area contributed by atoms with Gasteiger partial charge in [0.15, 0.2) is 0 Å². The zero-order valence-corrected chi connectivity index (χ0v) is 11.1. The highest BCUT2D eigenvalue weighted by Crippen LogP contribution is 2.27. The van der Waals surface area contributed by atoms with Gasteiger partial charge in [-0.3, -0.25) is 0 Å². The number of fused-ring (bicyclic) bond motifs is 1. The molecule has 94 valence electrons. The van der Waals surface area contributed by atoms with E-state index in [0.717, 1.165) is 13.1 Å². The van der Waals surface area contributed by atoms with Gasteiger partial charge in [-0.15, -0.1) is 0 Å². The first-order chi connectivity index (χ1) is 8.35. The fourth-order valence-corrected chi connectivity index (χ4v) is 2.46. The van der Waals surface area contributed by atoms with Crippen LogP contribution in [0.2, 0.25) is 0 Å². The van der Waals surface area contributed by atoms with E-state index >= 15 is 0 Å². The summed E-state index contributed by atoms with van der Waals surface area (Å²) in [5.41, 5.74) is 4.20. The van der Waals surface area contributed by atoms with E-state index in [9.17, 15) is 0 Å². The lowest BCUT2D eigenvalue weighted by Crippen LogP contribution is -2.24. The van der Waals surface area contributed by atoms with Gasteiger partial charge in [0.2, 0.25) is 0 Å². The lowest BCUT2D eigenvalue weighted by molar-refractivity contribution is 0.731. The van der Waals surface area contributed by atoms with Gasteiger partial charge in [0.05, 0.1) is 0 Å². The van der Waals surface area contributed by atoms with E-state index in [0.29, 0.717) is 0 Å². The molecule has 0 saturated heterocycles. The maximum atomic E-state index is 3.51. The molecule has 17 heavy (non-hydrogen) atoms. The van der Waals surface area contributed by atoms with Gasteiger partial charge in [0, 0.05) is 31.0 Å². The summed E-state index contributed by atoms with van der Waals surface area (Å²) in [6, 6.07) is 6.91. The van der Waals surface area contributed by atoms with Gasteiger partial charge < -0.3 is 10.2 Å². The Morgan fingerprint density at radius 2 is 2.18 bits per heavy atom. The maximum absolute atomic E-state index is 3.51. The van der Waals surface area contributed by atoms with Crippen molar-refractivity contribution in [3.05, 3.63) is 23.8 Å². The van der Waals surface area contributed by atoms with E-state index in [1.54, 1.807) is 0 Å². The van der Waals surface area contributed by atoms with E-state index in [2.05, 4.69) is 42.3 Å². The van der Waals surface area contributed by atoms with Crippen LogP contribution >= 0.6 is 0 Å². The minimum Gasteiger partial charge on any atom is -0.385 e.